The molecule has 0 aliphatic rings. The molecule has 10 heteroatoms. The Hall–Kier alpha value is -3.07. The maximum absolute atomic E-state index is 14.0. The van der Waals surface area contributed by atoms with Gasteiger partial charge in [-0.15, -0.1) is 0 Å². The number of halogens is 2. The van der Waals surface area contributed by atoms with Crippen molar-refractivity contribution in [2.45, 2.75) is 52.1 Å². The maximum Gasteiger partial charge on any atom is 0.264 e. The lowest BCUT2D eigenvalue weighted by atomic mass is 10.1. The minimum absolute atomic E-state index is 0.0259. The second-order valence-corrected chi connectivity index (χ2v) is 12.9. The van der Waals surface area contributed by atoms with Crippen molar-refractivity contribution in [2.24, 2.45) is 5.92 Å². The number of amides is 2. The van der Waals surface area contributed by atoms with Gasteiger partial charge in [-0.05, 0) is 68.1 Å². The van der Waals surface area contributed by atoms with Crippen molar-refractivity contribution in [3.8, 4) is 0 Å². The summed E-state index contributed by atoms with van der Waals surface area (Å²) in [4.78, 5) is 28.5. The number of hydrogen-bond donors (Lipinski definition) is 1. The Morgan fingerprint density at radius 1 is 0.900 bits per heavy atom. The summed E-state index contributed by atoms with van der Waals surface area (Å²) in [7, 11) is -4.12. The average Bonchev–Trinajstić information content (AvgIpc) is 2.91. The molecule has 40 heavy (non-hydrogen) atoms. The van der Waals surface area contributed by atoms with E-state index in [0.717, 1.165) is 9.87 Å². The van der Waals surface area contributed by atoms with Gasteiger partial charge >= 0.3 is 0 Å². The summed E-state index contributed by atoms with van der Waals surface area (Å²) in [5, 5.41) is 3.54. The molecule has 0 bridgehead atoms. The fraction of sp³-hybridized carbons (Fsp3) is 0.333. The van der Waals surface area contributed by atoms with Crippen LogP contribution < -0.4 is 9.62 Å². The fourth-order valence-corrected chi connectivity index (χ4v) is 6.01. The van der Waals surface area contributed by atoms with Crippen molar-refractivity contribution in [1.82, 2.24) is 10.2 Å². The summed E-state index contributed by atoms with van der Waals surface area (Å²) in [6.07, 6.45) is 0. The van der Waals surface area contributed by atoms with E-state index in [1.165, 1.54) is 17.0 Å². The largest absolute Gasteiger partial charge is 0.354 e. The molecule has 0 radical (unpaired) electrons. The summed E-state index contributed by atoms with van der Waals surface area (Å²) in [6, 6.07) is 17.4. The van der Waals surface area contributed by atoms with Gasteiger partial charge in [0.05, 0.1) is 20.6 Å². The van der Waals surface area contributed by atoms with E-state index >= 15 is 0 Å². The van der Waals surface area contributed by atoms with E-state index in [1.807, 2.05) is 26.8 Å². The summed E-state index contributed by atoms with van der Waals surface area (Å²) < 4.78 is 28.9. The zero-order chi connectivity index (χ0) is 29.6. The molecule has 0 aromatic heterocycles. The van der Waals surface area contributed by atoms with E-state index in [2.05, 4.69) is 5.32 Å². The second-order valence-electron chi connectivity index (χ2n) is 10.2. The van der Waals surface area contributed by atoms with Gasteiger partial charge in [0.1, 0.15) is 12.6 Å². The average molecular weight is 605 g/mol. The summed E-state index contributed by atoms with van der Waals surface area (Å²) >= 11 is 12.3. The number of sulfonamides is 1. The summed E-state index contributed by atoms with van der Waals surface area (Å²) in [6.45, 7) is 9.24. The quantitative estimate of drug-likeness (QED) is 0.291. The second kappa shape index (κ2) is 13.5. The first-order valence-corrected chi connectivity index (χ1v) is 15.2. The van der Waals surface area contributed by atoms with Crippen LogP contribution in [-0.2, 0) is 26.2 Å². The molecule has 0 aliphatic carbocycles. The van der Waals surface area contributed by atoms with Gasteiger partial charge in [-0.1, -0.05) is 79.0 Å². The number of anilines is 1. The van der Waals surface area contributed by atoms with E-state index < -0.39 is 28.5 Å². The van der Waals surface area contributed by atoms with E-state index in [-0.39, 0.29) is 23.3 Å². The molecule has 1 N–H and O–H groups in total. The van der Waals surface area contributed by atoms with Gasteiger partial charge in [0.15, 0.2) is 0 Å². The molecule has 0 heterocycles. The Morgan fingerprint density at radius 2 is 1.57 bits per heavy atom. The first kappa shape index (κ1) is 31.5. The van der Waals surface area contributed by atoms with Crippen LogP contribution in [0.5, 0.6) is 0 Å². The van der Waals surface area contributed by atoms with Crippen LogP contribution in [0.4, 0.5) is 5.69 Å². The molecule has 3 aromatic rings. The van der Waals surface area contributed by atoms with Crippen molar-refractivity contribution in [1.29, 1.82) is 0 Å². The van der Waals surface area contributed by atoms with Gasteiger partial charge in [-0.2, -0.15) is 0 Å². The molecule has 0 fully saturated rings. The van der Waals surface area contributed by atoms with Crippen molar-refractivity contribution < 1.29 is 18.0 Å². The molecular formula is C30H35Cl2N3O4S. The zero-order valence-corrected chi connectivity index (χ0v) is 25.6. The highest BCUT2D eigenvalue weighted by Gasteiger charge is 2.33. The van der Waals surface area contributed by atoms with Crippen molar-refractivity contribution >= 4 is 50.7 Å². The smallest absolute Gasteiger partial charge is 0.264 e. The van der Waals surface area contributed by atoms with Crippen LogP contribution in [-0.4, -0.2) is 44.3 Å². The maximum atomic E-state index is 14.0. The molecule has 0 aliphatic heterocycles. The number of carbonyl (C=O) groups excluding carboxylic acids is 2. The van der Waals surface area contributed by atoms with E-state index in [0.29, 0.717) is 33.4 Å². The Labute approximate surface area is 247 Å². The van der Waals surface area contributed by atoms with Crippen LogP contribution in [0, 0.1) is 19.8 Å². The zero-order valence-electron chi connectivity index (χ0n) is 23.3. The first-order chi connectivity index (χ1) is 18.8. The van der Waals surface area contributed by atoms with Gasteiger partial charge in [0.25, 0.3) is 10.0 Å². The van der Waals surface area contributed by atoms with Crippen LogP contribution in [0.25, 0.3) is 0 Å². The molecule has 3 aromatic carbocycles. The SMILES string of the molecule is Cc1ccc(N(CC(=O)N(Cc2ccc(Cl)c(Cl)c2)[C@H](C)C(=O)NCC(C)C)S(=O)(=O)c2ccccc2)c(C)c1. The first-order valence-electron chi connectivity index (χ1n) is 13.0. The number of carbonyl (C=O) groups is 2. The highest BCUT2D eigenvalue weighted by atomic mass is 35.5. The normalized spacial score (nSPS) is 12.2. The van der Waals surface area contributed by atoms with Crippen molar-refractivity contribution in [2.75, 3.05) is 17.4 Å². The monoisotopic (exact) mass is 603 g/mol. The lowest BCUT2D eigenvalue weighted by molar-refractivity contribution is -0.139. The molecule has 1 atom stereocenters. The van der Waals surface area contributed by atoms with Gasteiger partial charge in [0.2, 0.25) is 11.8 Å². The van der Waals surface area contributed by atoms with Crippen LogP contribution in [0.3, 0.4) is 0 Å². The van der Waals surface area contributed by atoms with Crippen molar-refractivity contribution in [3.05, 3.63) is 93.5 Å². The van der Waals surface area contributed by atoms with Gasteiger partial charge < -0.3 is 10.2 Å². The molecule has 0 unspecified atom stereocenters. The predicted octanol–water partition coefficient (Wildman–Crippen LogP) is 6.00. The third kappa shape index (κ3) is 7.77. The lowest BCUT2D eigenvalue weighted by Gasteiger charge is -2.32. The van der Waals surface area contributed by atoms with Crippen LogP contribution in [0.2, 0.25) is 10.0 Å². The third-order valence-corrected chi connectivity index (χ3v) is 8.93. The molecule has 0 saturated heterocycles. The van der Waals surface area contributed by atoms with Gasteiger partial charge in [-0.3, -0.25) is 13.9 Å². The predicted molar refractivity (Wildman–Crippen MR) is 161 cm³/mol. The summed E-state index contributed by atoms with van der Waals surface area (Å²) in [5.74, 6) is -0.671. The lowest BCUT2D eigenvalue weighted by Crippen LogP contribution is -2.51. The van der Waals surface area contributed by atoms with Crippen LogP contribution in [0.15, 0.2) is 71.6 Å². The molecular weight excluding hydrogens is 569 g/mol. The minimum atomic E-state index is -4.12. The number of nitrogens with zero attached hydrogens (tertiary/aromatic N) is 2. The van der Waals surface area contributed by atoms with E-state index in [4.69, 9.17) is 23.2 Å². The number of rotatable bonds is 11. The Bertz CT molecular complexity index is 1460. The Balaban J connectivity index is 2.05. The number of nitrogens with one attached hydrogen (secondary N) is 1. The molecule has 2 amide bonds. The molecule has 3 rings (SSSR count). The van der Waals surface area contributed by atoms with Crippen LogP contribution >= 0.6 is 23.2 Å². The molecule has 7 nitrogen and oxygen atoms in total. The Kier molecular flexibility index (Phi) is 10.6. The number of hydrogen-bond acceptors (Lipinski definition) is 4. The number of aryl methyl sites for hydroxylation is 2. The third-order valence-electron chi connectivity index (χ3n) is 6.42. The highest BCUT2D eigenvalue weighted by molar-refractivity contribution is 7.92. The molecule has 0 saturated carbocycles. The number of benzene rings is 3. The summed E-state index contributed by atoms with van der Waals surface area (Å²) in [5.41, 5.74) is 2.69. The van der Waals surface area contributed by atoms with E-state index in [1.54, 1.807) is 62.4 Å². The van der Waals surface area contributed by atoms with Gasteiger partial charge in [-0.25, -0.2) is 8.42 Å². The standard InChI is InChI=1S/C30H35Cl2N3O4S/c1-20(2)17-33-30(37)23(5)34(18-24-12-13-26(31)27(32)16-24)29(36)19-35(28-14-11-21(3)15-22(28)4)40(38,39)25-9-7-6-8-10-25/h6-16,20,23H,17-19H2,1-5H3,(H,33,37)/t23-/m1/s1. The Morgan fingerprint density at radius 3 is 2.17 bits per heavy atom. The topological polar surface area (TPSA) is 86.8 Å². The van der Waals surface area contributed by atoms with E-state index in [9.17, 15) is 18.0 Å². The molecule has 0 spiro atoms. The van der Waals surface area contributed by atoms with Crippen LogP contribution in [0.1, 0.15) is 37.5 Å². The fourth-order valence-electron chi connectivity index (χ4n) is 4.19. The highest BCUT2D eigenvalue weighted by Crippen LogP contribution is 2.29. The van der Waals surface area contributed by atoms with Gasteiger partial charge in [0, 0.05) is 13.1 Å². The molecule has 214 valence electrons. The minimum Gasteiger partial charge on any atom is -0.354 e. The van der Waals surface area contributed by atoms with Crippen molar-refractivity contribution in [3.63, 3.8) is 0 Å².